The number of furan rings is 1. The third-order valence-corrected chi connectivity index (χ3v) is 4.06. The van der Waals surface area contributed by atoms with Crippen molar-refractivity contribution in [3.8, 4) is 0 Å². The van der Waals surface area contributed by atoms with Crippen LogP contribution in [-0.2, 0) is 12.8 Å². The molecule has 0 radical (unpaired) electrons. The first-order valence-corrected chi connectivity index (χ1v) is 7.02. The monoisotopic (exact) mass is 256 g/mol. The van der Waals surface area contributed by atoms with Gasteiger partial charge in [0.15, 0.2) is 0 Å². The first-order chi connectivity index (χ1) is 9.15. The van der Waals surface area contributed by atoms with E-state index in [0.717, 1.165) is 29.1 Å². The topological polar surface area (TPSA) is 33.4 Å². The van der Waals surface area contributed by atoms with Gasteiger partial charge in [-0.3, -0.25) is 0 Å². The summed E-state index contributed by atoms with van der Waals surface area (Å²) in [7, 11) is 0. The molecule has 1 aromatic heterocycles. The molecule has 1 atom stereocenters. The van der Waals surface area contributed by atoms with E-state index in [-0.39, 0.29) is 0 Å². The van der Waals surface area contributed by atoms with Crippen LogP contribution < -0.4 is 0 Å². The molecule has 0 fully saturated rings. The molecule has 0 saturated heterocycles. The molecular weight excluding hydrogens is 236 g/mol. The summed E-state index contributed by atoms with van der Waals surface area (Å²) in [6, 6.07) is 8.33. The molecule has 1 unspecified atom stereocenters. The van der Waals surface area contributed by atoms with E-state index in [1.807, 2.05) is 19.9 Å². The number of aliphatic hydroxyl groups excluding tert-OH is 1. The first-order valence-electron chi connectivity index (χ1n) is 7.02. The fourth-order valence-corrected chi connectivity index (χ4v) is 3.02. The molecule has 3 rings (SSSR count). The largest absolute Gasteiger partial charge is 0.466 e. The second-order valence-electron chi connectivity index (χ2n) is 5.51. The van der Waals surface area contributed by atoms with Gasteiger partial charge in [0.2, 0.25) is 0 Å². The molecule has 1 aliphatic carbocycles. The van der Waals surface area contributed by atoms with Crippen molar-refractivity contribution >= 4 is 0 Å². The molecule has 1 heterocycles. The number of aliphatic hydroxyl groups is 1. The summed E-state index contributed by atoms with van der Waals surface area (Å²) in [4.78, 5) is 0. The van der Waals surface area contributed by atoms with Crippen LogP contribution in [0.3, 0.4) is 0 Å². The Hall–Kier alpha value is -1.54. The van der Waals surface area contributed by atoms with E-state index >= 15 is 0 Å². The third kappa shape index (κ3) is 2.33. The second-order valence-corrected chi connectivity index (χ2v) is 5.51. The lowest BCUT2D eigenvalue weighted by molar-refractivity contribution is 0.218. The maximum Gasteiger partial charge on any atom is 0.107 e. The van der Waals surface area contributed by atoms with Crippen molar-refractivity contribution in [2.45, 2.75) is 45.6 Å². The van der Waals surface area contributed by atoms with Crippen LogP contribution in [0, 0.1) is 13.8 Å². The molecule has 1 N–H and O–H groups in total. The number of hydrogen-bond acceptors (Lipinski definition) is 2. The lowest BCUT2D eigenvalue weighted by atomic mass is 9.88. The molecule has 0 amide bonds. The summed E-state index contributed by atoms with van der Waals surface area (Å²) in [6.45, 7) is 3.82. The standard InChI is InChI=1S/C17H20O2/c1-11-9-16(12(2)19-11)17(18)15-8-7-13-5-3-4-6-14(13)10-15/h7-10,17-18H,3-6H2,1-2H3. The smallest absolute Gasteiger partial charge is 0.107 e. The Morgan fingerprint density at radius 1 is 1.05 bits per heavy atom. The highest BCUT2D eigenvalue weighted by Crippen LogP contribution is 2.30. The van der Waals surface area contributed by atoms with Gasteiger partial charge in [0.1, 0.15) is 17.6 Å². The van der Waals surface area contributed by atoms with Crippen molar-refractivity contribution in [2.75, 3.05) is 0 Å². The zero-order valence-corrected chi connectivity index (χ0v) is 11.6. The van der Waals surface area contributed by atoms with Gasteiger partial charge in [-0.2, -0.15) is 0 Å². The Morgan fingerprint density at radius 3 is 2.47 bits per heavy atom. The Balaban J connectivity index is 1.95. The summed E-state index contributed by atoms with van der Waals surface area (Å²) in [5, 5.41) is 10.5. The van der Waals surface area contributed by atoms with Crippen molar-refractivity contribution < 1.29 is 9.52 Å². The van der Waals surface area contributed by atoms with Gasteiger partial charge in [-0.05, 0) is 62.3 Å². The van der Waals surface area contributed by atoms with E-state index in [1.165, 1.54) is 30.4 Å². The molecule has 1 aliphatic rings. The Labute approximate surface area is 114 Å². The maximum absolute atomic E-state index is 10.5. The van der Waals surface area contributed by atoms with Gasteiger partial charge in [-0.15, -0.1) is 0 Å². The van der Waals surface area contributed by atoms with Crippen LogP contribution in [0.1, 0.15) is 52.7 Å². The van der Waals surface area contributed by atoms with Crippen molar-refractivity contribution in [2.24, 2.45) is 0 Å². The third-order valence-electron chi connectivity index (χ3n) is 4.06. The van der Waals surface area contributed by atoms with Crippen molar-refractivity contribution in [3.05, 3.63) is 58.0 Å². The predicted molar refractivity (Wildman–Crippen MR) is 75.3 cm³/mol. The van der Waals surface area contributed by atoms with Crippen LogP contribution >= 0.6 is 0 Å². The van der Waals surface area contributed by atoms with Gasteiger partial charge in [-0.25, -0.2) is 0 Å². The van der Waals surface area contributed by atoms with E-state index in [4.69, 9.17) is 4.42 Å². The maximum atomic E-state index is 10.5. The van der Waals surface area contributed by atoms with Crippen LogP contribution in [0.15, 0.2) is 28.7 Å². The molecule has 2 heteroatoms. The zero-order chi connectivity index (χ0) is 13.4. The highest BCUT2D eigenvalue weighted by atomic mass is 16.3. The van der Waals surface area contributed by atoms with Crippen LogP contribution in [0.4, 0.5) is 0 Å². The van der Waals surface area contributed by atoms with Gasteiger partial charge in [0.05, 0.1) is 0 Å². The zero-order valence-electron chi connectivity index (χ0n) is 11.6. The lowest BCUT2D eigenvalue weighted by Gasteiger charge is -2.18. The number of rotatable bonds is 2. The van der Waals surface area contributed by atoms with Gasteiger partial charge in [0.25, 0.3) is 0 Å². The fourth-order valence-electron chi connectivity index (χ4n) is 3.02. The summed E-state index contributed by atoms with van der Waals surface area (Å²) >= 11 is 0. The van der Waals surface area contributed by atoms with Crippen LogP contribution in [-0.4, -0.2) is 5.11 Å². The van der Waals surface area contributed by atoms with Crippen molar-refractivity contribution in [1.82, 2.24) is 0 Å². The average Bonchev–Trinajstić information content (AvgIpc) is 2.76. The fraction of sp³-hybridized carbons (Fsp3) is 0.412. The highest BCUT2D eigenvalue weighted by Gasteiger charge is 2.18. The molecule has 0 spiro atoms. The van der Waals surface area contributed by atoms with Gasteiger partial charge in [0, 0.05) is 5.56 Å². The van der Waals surface area contributed by atoms with E-state index in [9.17, 15) is 5.11 Å². The normalized spacial score (nSPS) is 16.2. The summed E-state index contributed by atoms with van der Waals surface area (Å²) in [5.41, 5.74) is 4.71. The molecule has 1 aromatic carbocycles. The summed E-state index contributed by atoms with van der Waals surface area (Å²) in [6.07, 6.45) is 4.28. The Morgan fingerprint density at radius 2 is 1.79 bits per heavy atom. The molecule has 19 heavy (non-hydrogen) atoms. The quantitative estimate of drug-likeness (QED) is 0.885. The minimum atomic E-state index is -0.579. The van der Waals surface area contributed by atoms with Gasteiger partial charge >= 0.3 is 0 Å². The minimum absolute atomic E-state index is 0.579. The average molecular weight is 256 g/mol. The van der Waals surface area contributed by atoms with E-state index in [1.54, 1.807) is 0 Å². The van der Waals surface area contributed by atoms with Crippen LogP contribution in [0.2, 0.25) is 0 Å². The Bertz CT molecular complexity index is 595. The van der Waals surface area contributed by atoms with E-state index in [0.29, 0.717) is 0 Å². The second kappa shape index (κ2) is 4.86. The van der Waals surface area contributed by atoms with Gasteiger partial charge in [-0.1, -0.05) is 18.2 Å². The van der Waals surface area contributed by atoms with Crippen LogP contribution in [0.5, 0.6) is 0 Å². The van der Waals surface area contributed by atoms with E-state index in [2.05, 4.69) is 18.2 Å². The molecule has 0 bridgehead atoms. The molecule has 0 aliphatic heterocycles. The number of aryl methyl sites for hydroxylation is 4. The number of fused-ring (bicyclic) bond motifs is 1. The van der Waals surface area contributed by atoms with Crippen molar-refractivity contribution in [3.63, 3.8) is 0 Å². The number of benzene rings is 1. The molecule has 0 saturated carbocycles. The minimum Gasteiger partial charge on any atom is -0.466 e. The highest BCUT2D eigenvalue weighted by molar-refractivity contribution is 5.39. The summed E-state index contributed by atoms with van der Waals surface area (Å²) < 4.78 is 5.51. The molecule has 2 nitrogen and oxygen atoms in total. The molecular formula is C17H20O2. The molecule has 2 aromatic rings. The van der Waals surface area contributed by atoms with Crippen molar-refractivity contribution in [1.29, 1.82) is 0 Å². The van der Waals surface area contributed by atoms with E-state index < -0.39 is 6.10 Å². The number of hydrogen-bond donors (Lipinski definition) is 1. The summed E-state index contributed by atoms with van der Waals surface area (Å²) in [5.74, 6) is 1.66. The first kappa shape index (κ1) is 12.5. The molecule has 100 valence electrons. The Kier molecular flexibility index (Phi) is 3.19. The predicted octanol–water partition coefficient (Wildman–Crippen LogP) is 3.86. The SMILES string of the molecule is Cc1cc(C(O)c2ccc3c(c2)CCCC3)c(C)o1. The van der Waals surface area contributed by atoms with Gasteiger partial charge < -0.3 is 9.52 Å². The van der Waals surface area contributed by atoms with Crippen LogP contribution in [0.25, 0.3) is 0 Å². The lowest BCUT2D eigenvalue weighted by Crippen LogP contribution is -2.06.